The number of benzene rings is 1. The second kappa shape index (κ2) is 8.53. The Balaban J connectivity index is 1.43. The SMILES string of the molecule is CNC(=O)c1cnc2[nH]ccc2c1NC1CCN(Cc2cccc(OC)c2)CC1. The fraction of sp³-hybridized carbons (Fsp3) is 0.364. The van der Waals surface area contributed by atoms with Crippen LogP contribution in [0.25, 0.3) is 11.0 Å². The maximum absolute atomic E-state index is 12.3. The van der Waals surface area contributed by atoms with Crippen molar-refractivity contribution in [2.24, 2.45) is 0 Å². The highest BCUT2D eigenvalue weighted by Gasteiger charge is 2.23. The van der Waals surface area contributed by atoms with Crippen molar-refractivity contribution in [3.63, 3.8) is 0 Å². The van der Waals surface area contributed by atoms with Crippen LogP contribution in [0.4, 0.5) is 5.69 Å². The van der Waals surface area contributed by atoms with Crippen LogP contribution in [0.3, 0.4) is 0 Å². The van der Waals surface area contributed by atoms with E-state index in [1.54, 1.807) is 20.4 Å². The maximum Gasteiger partial charge on any atom is 0.254 e. The first-order valence-electron chi connectivity index (χ1n) is 9.98. The van der Waals surface area contributed by atoms with E-state index in [0.29, 0.717) is 11.6 Å². The Labute approximate surface area is 170 Å². The predicted molar refractivity (Wildman–Crippen MR) is 114 cm³/mol. The molecule has 1 aliphatic rings. The standard InChI is InChI=1S/C22H27N5O2/c1-23-22(28)19-13-25-21-18(6-9-24-21)20(19)26-16-7-10-27(11-8-16)14-15-4-3-5-17(12-15)29-2/h3-6,9,12-13,16H,7-8,10-11,14H2,1-2H3,(H,23,28)(H2,24,25,26). The lowest BCUT2D eigenvalue weighted by Crippen LogP contribution is -2.39. The number of hydrogen-bond donors (Lipinski definition) is 3. The Morgan fingerprint density at radius 2 is 2.14 bits per heavy atom. The van der Waals surface area contributed by atoms with Gasteiger partial charge in [-0.2, -0.15) is 0 Å². The van der Waals surface area contributed by atoms with E-state index in [4.69, 9.17) is 4.74 Å². The summed E-state index contributed by atoms with van der Waals surface area (Å²) >= 11 is 0. The summed E-state index contributed by atoms with van der Waals surface area (Å²) in [5.41, 5.74) is 3.50. The van der Waals surface area contributed by atoms with Crippen LogP contribution >= 0.6 is 0 Å². The lowest BCUT2D eigenvalue weighted by molar-refractivity contribution is 0.0963. The summed E-state index contributed by atoms with van der Waals surface area (Å²) in [6.45, 7) is 2.93. The minimum absolute atomic E-state index is 0.126. The van der Waals surface area contributed by atoms with Crippen molar-refractivity contribution < 1.29 is 9.53 Å². The highest BCUT2D eigenvalue weighted by Crippen LogP contribution is 2.28. The van der Waals surface area contributed by atoms with E-state index in [2.05, 4.69) is 37.6 Å². The van der Waals surface area contributed by atoms with Crippen molar-refractivity contribution in [2.45, 2.75) is 25.4 Å². The van der Waals surface area contributed by atoms with Gasteiger partial charge in [0.1, 0.15) is 11.4 Å². The first kappa shape index (κ1) is 19.3. The Morgan fingerprint density at radius 3 is 2.90 bits per heavy atom. The third kappa shape index (κ3) is 4.19. The molecule has 3 aromatic rings. The average molecular weight is 393 g/mol. The zero-order valence-electron chi connectivity index (χ0n) is 16.9. The number of carbonyl (C=O) groups excluding carboxylic acids is 1. The molecule has 0 atom stereocenters. The topological polar surface area (TPSA) is 82.3 Å². The first-order chi connectivity index (χ1) is 14.2. The Morgan fingerprint density at radius 1 is 1.31 bits per heavy atom. The molecule has 29 heavy (non-hydrogen) atoms. The number of H-pyrrole nitrogens is 1. The van der Waals surface area contributed by atoms with Crippen molar-refractivity contribution in [3.8, 4) is 5.75 Å². The Hall–Kier alpha value is -3.06. The molecule has 7 heteroatoms. The van der Waals surface area contributed by atoms with E-state index in [0.717, 1.165) is 54.9 Å². The van der Waals surface area contributed by atoms with Crippen molar-refractivity contribution in [3.05, 3.63) is 53.9 Å². The predicted octanol–water partition coefficient (Wildman–Crippen LogP) is 3.01. The van der Waals surface area contributed by atoms with Gasteiger partial charge in [-0.1, -0.05) is 12.1 Å². The van der Waals surface area contributed by atoms with E-state index < -0.39 is 0 Å². The molecule has 0 aliphatic carbocycles. The average Bonchev–Trinajstić information content (AvgIpc) is 3.24. The Bertz CT molecular complexity index is 992. The van der Waals surface area contributed by atoms with Crippen LogP contribution in [0.2, 0.25) is 0 Å². The molecule has 3 N–H and O–H groups in total. The molecule has 1 fully saturated rings. The van der Waals surface area contributed by atoms with E-state index in [9.17, 15) is 4.79 Å². The monoisotopic (exact) mass is 393 g/mol. The third-order valence-electron chi connectivity index (χ3n) is 5.53. The molecule has 0 saturated carbocycles. The molecule has 1 aliphatic heterocycles. The van der Waals surface area contributed by atoms with E-state index in [1.165, 1.54) is 5.56 Å². The molecule has 1 amide bonds. The number of aromatic amines is 1. The number of nitrogens with one attached hydrogen (secondary N) is 3. The van der Waals surface area contributed by atoms with Gasteiger partial charge in [-0.05, 0) is 36.6 Å². The van der Waals surface area contributed by atoms with Gasteiger partial charge in [-0.3, -0.25) is 9.69 Å². The highest BCUT2D eigenvalue weighted by molar-refractivity contribution is 6.06. The third-order valence-corrected chi connectivity index (χ3v) is 5.53. The summed E-state index contributed by atoms with van der Waals surface area (Å²) in [5.74, 6) is 0.771. The lowest BCUT2D eigenvalue weighted by atomic mass is 10.0. The van der Waals surface area contributed by atoms with E-state index in [1.807, 2.05) is 24.4 Å². The van der Waals surface area contributed by atoms with Crippen molar-refractivity contribution >= 4 is 22.6 Å². The van der Waals surface area contributed by atoms with Crippen molar-refractivity contribution in [2.75, 3.05) is 32.6 Å². The molecule has 152 valence electrons. The molecule has 7 nitrogen and oxygen atoms in total. The van der Waals surface area contributed by atoms with Gasteiger partial charge in [0.15, 0.2) is 0 Å². The molecule has 3 heterocycles. The molecular formula is C22H27N5O2. The van der Waals surface area contributed by atoms with Crippen LogP contribution in [-0.4, -0.2) is 54.1 Å². The number of ether oxygens (including phenoxy) is 1. The molecule has 0 radical (unpaired) electrons. The molecule has 1 aromatic carbocycles. The number of amides is 1. The van der Waals surface area contributed by atoms with Crippen molar-refractivity contribution in [1.29, 1.82) is 0 Å². The zero-order valence-corrected chi connectivity index (χ0v) is 16.9. The molecule has 0 bridgehead atoms. The van der Waals surface area contributed by atoms with Gasteiger partial charge in [-0.25, -0.2) is 4.98 Å². The number of pyridine rings is 1. The summed E-state index contributed by atoms with van der Waals surface area (Å²) in [5, 5.41) is 7.29. The zero-order chi connectivity index (χ0) is 20.2. The van der Waals surface area contributed by atoms with Crippen LogP contribution in [0.1, 0.15) is 28.8 Å². The number of hydrogen-bond acceptors (Lipinski definition) is 5. The minimum Gasteiger partial charge on any atom is -0.497 e. The number of aromatic nitrogens is 2. The quantitative estimate of drug-likeness (QED) is 0.600. The number of piperidine rings is 1. The van der Waals surface area contributed by atoms with Gasteiger partial charge in [0.25, 0.3) is 5.91 Å². The Kier molecular flexibility index (Phi) is 5.67. The van der Waals surface area contributed by atoms with Crippen LogP contribution in [-0.2, 0) is 6.54 Å². The summed E-state index contributed by atoms with van der Waals surface area (Å²) in [6, 6.07) is 10.5. The number of carbonyl (C=O) groups is 1. The molecule has 2 aromatic heterocycles. The second-order valence-corrected chi connectivity index (χ2v) is 7.41. The lowest BCUT2D eigenvalue weighted by Gasteiger charge is -2.33. The summed E-state index contributed by atoms with van der Waals surface area (Å²) in [6.07, 6.45) is 5.53. The summed E-state index contributed by atoms with van der Waals surface area (Å²) < 4.78 is 5.33. The number of fused-ring (bicyclic) bond motifs is 1. The number of nitrogens with zero attached hydrogens (tertiary/aromatic N) is 2. The van der Waals surface area contributed by atoms with Gasteiger partial charge in [-0.15, -0.1) is 0 Å². The smallest absolute Gasteiger partial charge is 0.254 e. The molecule has 4 rings (SSSR count). The second-order valence-electron chi connectivity index (χ2n) is 7.41. The summed E-state index contributed by atoms with van der Waals surface area (Å²) in [4.78, 5) is 22.3. The van der Waals surface area contributed by atoms with Gasteiger partial charge in [0.05, 0.1) is 18.4 Å². The number of likely N-dealkylation sites (tertiary alicyclic amines) is 1. The van der Waals surface area contributed by atoms with Gasteiger partial charge in [0.2, 0.25) is 0 Å². The number of methoxy groups -OCH3 is 1. The van der Waals surface area contributed by atoms with Crippen molar-refractivity contribution in [1.82, 2.24) is 20.2 Å². The van der Waals surface area contributed by atoms with Crippen LogP contribution < -0.4 is 15.4 Å². The molecule has 0 unspecified atom stereocenters. The molecular weight excluding hydrogens is 366 g/mol. The van der Waals surface area contributed by atoms with Gasteiger partial charge < -0.3 is 20.4 Å². The van der Waals surface area contributed by atoms with Crippen LogP contribution in [0.5, 0.6) is 5.75 Å². The minimum atomic E-state index is -0.126. The highest BCUT2D eigenvalue weighted by atomic mass is 16.5. The van der Waals surface area contributed by atoms with Gasteiger partial charge >= 0.3 is 0 Å². The van der Waals surface area contributed by atoms with Crippen LogP contribution in [0, 0.1) is 0 Å². The fourth-order valence-electron chi connectivity index (χ4n) is 3.94. The maximum atomic E-state index is 12.3. The fourth-order valence-corrected chi connectivity index (χ4v) is 3.94. The first-order valence-corrected chi connectivity index (χ1v) is 9.98. The summed E-state index contributed by atoms with van der Waals surface area (Å²) in [7, 11) is 3.34. The molecule has 1 saturated heterocycles. The number of anilines is 1. The van der Waals surface area contributed by atoms with Crippen LogP contribution in [0.15, 0.2) is 42.7 Å². The van der Waals surface area contributed by atoms with Gasteiger partial charge in [0, 0.05) is 50.5 Å². The molecule has 0 spiro atoms. The largest absolute Gasteiger partial charge is 0.497 e. The van der Waals surface area contributed by atoms with E-state index in [-0.39, 0.29) is 5.91 Å². The van der Waals surface area contributed by atoms with E-state index >= 15 is 0 Å². The number of rotatable bonds is 6. The normalized spacial score (nSPS) is 15.4.